The number of carbonyl (C=O) groups excluding carboxylic acids is 2. The fourth-order valence-corrected chi connectivity index (χ4v) is 3.65. The number of halogens is 1. The van der Waals surface area contributed by atoms with E-state index in [1.54, 1.807) is 6.92 Å². The predicted molar refractivity (Wildman–Crippen MR) is 138 cm³/mol. The maximum Gasteiger partial charge on any atom is 0.305 e. The van der Waals surface area contributed by atoms with Crippen LogP contribution in [0.15, 0.2) is 42.7 Å². The van der Waals surface area contributed by atoms with E-state index in [1.165, 1.54) is 30.3 Å². The van der Waals surface area contributed by atoms with Gasteiger partial charge in [0.15, 0.2) is 0 Å². The molecule has 1 unspecified atom stereocenters. The number of hydrogen-bond acceptors (Lipinski definition) is 8. The van der Waals surface area contributed by atoms with Gasteiger partial charge in [-0.15, -0.1) is 0 Å². The SMILES string of the molecule is C=C(NCC(O)CC)Nc1cc(O)cc(C(=O)NCC(=O)N[C@H](CC(=O)O)c2cc(Cl)cc(C)c2O)c1. The molecule has 0 bridgehead atoms. The second-order valence-corrected chi connectivity index (χ2v) is 8.81. The number of benzene rings is 2. The molecular formula is C25H31ClN4O7. The Morgan fingerprint density at radius 1 is 1.08 bits per heavy atom. The van der Waals surface area contributed by atoms with Crippen LogP contribution in [0.25, 0.3) is 0 Å². The van der Waals surface area contributed by atoms with Crippen molar-refractivity contribution in [1.29, 1.82) is 0 Å². The van der Waals surface area contributed by atoms with Gasteiger partial charge in [-0.2, -0.15) is 0 Å². The van der Waals surface area contributed by atoms with Crippen LogP contribution in [0, 0.1) is 6.92 Å². The Labute approximate surface area is 219 Å². The number of carboxylic acid groups (broad SMARTS) is 1. The molecule has 2 aromatic rings. The van der Waals surface area contributed by atoms with E-state index in [0.717, 1.165) is 0 Å². The van der Waals surface area contributed by atoms with Crippen molar-refractivity contribution >= 4 is 35.1 Å². The van der Waals surface area contributed by atoms with E-state index in [2.05, 4.69) is 27.8 Å². The fourth-order valence-electron chi connectivity index (χ4n) is 3.37. The lowest BCUT2D eigenvalue weighted by Crippen LogP contribution is -2.39. The number of carboxylic acids is 1. The first kappa shape index (κ1) is 29.3. The average molecular weight is 535 g/mol. The van der Waals surface area contributed by atoms with Gasteiger partial charge in [-0.05, 0) is 43.2 Å². The van der Waals surface area contributed by atoms with E-state index in [9.17, 15) is 34.8 Å². The van der Waals surface area contributed by atoms with Crippen LogP contribution in [0.4, 0.5) is 5.69 Å². The third kappa shape index (κ3) is 9.21. The molecule has 2 amide bonds. The number of aliphatic hydroxyl groups excluding tert-OH is 1. The first-order valence-corrected chi connectivity index (χ1v) is 11.8. The molecule has 0 saturated carbocycles. The van der Waals surface area contributed by atoms with Gasteiger partial charge in [0.1, 0.15) is 11.5 Å². The number of phenolic OH excluding ortho intramolecular Hbond substituents is 2. The largest absolute Gasteiger partial charge is 0.508 e. The monoisotopic (exact) mass is 534 g/mol. The van der Waals surface area contributed by atoms with Crippen molar-refractivity contribution in [2.24, 2.45) is 0 Å². The summed E-state index contributed by atoms with van der Waals surface area (Å²) in [5.74, 6) is -2.67. The van der Waals surface area contributed by atoms with Crippen LogP contribution in [-0.4, -0.2) is 57.4 Å². The number of aryl methyl sites for hydroxylation is 1. The van der Waals surface area contributed by atoms with E-state index < -0.39 is 42.9 Å². The lowest BCUT2D eigenvalue weighted by Gasteiger charge is -2.20. The number of nitrogens with one attached hydrogen (secondary N) is 4. The first-order chi connectivity index (χ1) is 17.4. The Bertz CT molecular complexity index is 1170. The lowest BCUT2D eigenvalue weighted by molar-refractivity contribution is -0.137. The van der Waals surface area contributed by atoms with Crippen LogP contribution < -0.4 is 21.3 Å². The molecule has 200 valence electrons. The minimum atomic E-state index is -1.22. The number of amides is 2. The predicted octanol–water partition coefficient (Wildman–Crippen LogP) is 2.37. The maximum absolute atomic E-state index is 12.6. The van der Waals surface area contributed by atoms with Crippen LogP contribution in [0.2, 0.25) is 5.02 Å². The number of phenols is 2. The molecule has 12 heteroatoms. The van der Waals surface area contributed by atoms with Crippen molar-refractivity contribution in [2.45, 2.75) is 38.8 Å². The zero-order chi connectivity index (χ0) is 27.7. The van der Waals surface area contributed by atoms with Gasteiger partial charge in [0.2, 0.25) is 5.91 Å². The molecule has 2 aromatic carbocycles. The summed E-state index contributed by atoms with van der Waals surface area (Å²) in [5, 5.41) is 50.2. The summed E-state index contributed by atoms with van der Waals surface area (Å²) in [5.41, 5.74) is 0.928. The van der Waals surface area contributed by atoms with Gasteiger partial charge in [-0.3, -0.25) is 14.4 Å². The fraction of sp³-hybridized carbons (Fsp3) is 0.320. The van der Waals surface area contributed by atoms with Crippen molar-refractivity contribution in [3.8, 4) is 11.5 Å². The van der Waals surface area contributed by atoms with E-state index in [-0.39, 0.29) is 34.2 Å². The Kier molecular flexibility index (Phi) is 10.6. The minimum absolute atomic E-state index is 0.0434. The second kappa shape index (κ2) is 13.4. The third-order valence-corrected chi connectivity index (χ3v) is 5.51. The standard InChI is InChI=1S/C25H31ClN4O7/c1-4-18(31)11-27-14(3)29-17-6-15(7-19(32)9-17)25(37)28-12-22(33)30-21(10-23(34)35)20-8-16(26)5-13(2)24(20)36/h5-9,18,21,27,29,31-32,36H,3-4,10-12H2,1-2H3,(H,28,37)(H,30,33)(H,34,35)/t18?,21-/m1/s1. The molecule has 0 radical (unpaired) electrons. The number of aliphatic hydroxyl groups is 1. The van der Waals surface area contributed by atoms with Crippen molar-refractivity contribution < 1.29 is 34.8 Å². The lowest BCUT2D eigenvalue weighted by atomic mass is 10.00. The average Bonchev–Trinajstić information content (AvgIpc) is 2.82. The highest BCUT2D eigenvalue weighted by Crippen LogP contribution is 2.32. The topological polar surface area (TPSA) is 180 Å². The summed E-state index contributed by atoms with van der Waals surface area (Å²) in [7, 11) is 0. The van der Waals surface area contributed by atoms with Crippen molar-refractivity contribution in [3.05, 3.63) is 64.4 Å². The van der Waals surface area contributed by atoms with Gasteiger partial charge in [0.25, 0.3) is 5.91 Å². The van der Waals surface area contributed by atoms with Gasteiger partial charge in [0, 0.05) is 34.4 Å². The van der Waals surface area contributed by atoms with Crippen LogP contribution in [0.1, 0.15) is 47.3 Å². The van der Waals surface area contributed by atoms with E-state index >= 15 is 0 Å². The van der Waals surface area contributed by atoms with Crippen molar-refractivity contribution in [1.82, 2.24) is 16.0 Å². The Balaban J connectivity index is 2.05. The highest BCUT2D eigenvalue weighted by Gasteiger charge is 2.23. The molecule has 0 aromatic heterocycles. The summed E-state index contributed by atoms with van der Waals surface area (Å²) in [6, 6.07) is 5.76. The highest BCUT2D eigenvalue weighted by molar-refractivity contribution is 6.30. The normalized spacial score (nSPS) is 12.2. The smallest absolute Gasteiger partial charge is 0.305 e. The molecular weight excluding hydrogens is 504 g/mol. The van der Waals surface area contributed by atoms with Crippen molar-refractivity contribution in [3.63, 3.8) is 0 Å². The number of hydrogen-bond donors (Lipinski definition) is 8. The van der Waals surface area contributed by atoms with Crippen LogP contribution in [-0.2, 0) is 9.59 Å². The quantitative estimate of drug-likeness (QED) is 0.191. The van der Waals surface area contributed by atoms with Gasteiger partial charge >= 0.3 is 5.97 Å². The summed E-state index contributed by atoms with van der Waals surface area (Å²) in [6.45, 7) is 6.95. The Hall–Kier alpha value is -3.96. The molecule has 0 saturated heterocycles. The van der Waals surface area contributed by atoms with Crippen LogP contribution in [0.3, 0.4) is 0 Å². The van der Waals surface area contributed by atoms with E-state index in [0.29, 0.717) is 23.5 Å². The Morgan fingerprint density at radius 2 is 1.78 bits per heavy atom. The summed E-state index contributed by atoms with van der Waals surface area (Å²) >= 11 is 6.03. The molecule has 0 aliphatic heterocycles. The van der Waals surface area contributed by atoms with Gasteiger partial charge in [-0.25, -0.2) is 0 Å². The molecule has 37 heavy (non-hydrogen) atoms. The Morgan fingerprint density at radius 3 is 2.43 bits per heavy atom. The zero-order valence-corrected chi connectivity index (χ0v) is 21.2. The molecule has 2 rings (SSSR count). The summed E-state index contributed by atoms with van der Waals surface area (Å²) in [6.07, 6.45) is -0.527. The van der Waals surface area contributed by atoms with Gasteiger partial charge < -0.3 is 41.7 Å². The molecule has 11 nitrogen and oxygen atoms in total. The number of anilines is 1. The molecule has 0 aliphatic carbocycles. The number of carbonyl (C=O) groups is 3. The highest BCUT2D eigenvalue weighted by atomic mass is 35.5. The second-order valence-electron chi connectivity index (χ2n) is 8.38. The summed E-state index contributed by atoms with van der Waals surface area (Å²) in [4.78, 5) is 36.5. The van der Waals surface area contributed by atoms with Crippen LogP contribution >= 0.6 is 11.6 Å². The molecule has 0 spiro atoms. The summed E-state index contributed by atoms with van der Waals surface area (Å²) < 4.78 is 0. The molecule has 2 atom stereocenters. The molecule has 0 aliphatic rings. The van der Waals surface area contributed by atoms with Crippen LogP contribution in [0.5, 0.6) is 11.5 Å². The number of rotatable bonds is 13. The number of aliphatic carboxylic acids is 1. The molecule has 0 fully saturated rings. The minimum Gasteiger partial charge on any atom is -0.508 e. The first-order valence-electron chi connectivity index (χ1n) is 11.4. The molecule has 8 N–H and O–H groups in total. The molecule has 0 heterocycles. The van der Waals surface area contributed by atoms with E-state index in [4.69, 9.17) is 11.6 Å². The van der Waals surface area contributed by atoms with Crippen molar-refractivity contribution in [2.75, 3.05) is 18.4 Å². The number of aromatic hydroxyl groups is 2. The third-order valence-electron chi connectivity index (χ3n) is 5.29. The van der Waals surface area contributed by atoms with Gasteiger partial charge in [0.05, 0.1) is 30.9 Å². The zero-order valence-electron chi connectivity index (χ0n) is 20.5. The maximum atomic E-state index is 12.6. The van der Waals surface area contributed by atoms with E-state index in [1.807, 2.05) is 6.92 Å². The van der Waals surface area contributed by atoms with Gasteiger partial charge in [-0.1, -0.05) is 25.1 Å².